The average Bonchev–Trinajstić information content (AvgIpc) is 2.82. The quantitative estimate of drug-likeness (QED) is 0.748. The Labute approximate surface area is 103 Å². The third-order valence-electron chi connectivity index (χ3n) is 2.73. The van der Waals surface area contributed by atoms with Gasteiger partial charge >= 0.3 is 0 Å². The lowest BCUT2D eigenvalue weighted by Crippen LogP contribution is -1.84. The Kier molecular flexibility index (Phi) is 2.41. The van der Waals surface area contributed by atoms with Gasteiger partial charge < -0.3 is 14.3 Å². The highest BCUT2D eigenvalue weighted by atomic mass is 16.5. The highest BCUT2D eigenvalue weighted by Gasteiger charge is 2.12. The third-order valence-corrected chi connectivity index (χ3v) is 2.73. The molecule has 1 N–H and O–H groups in total. The van der Waals surface area contributed by atoms with Crippen LogP contribution < -0.4 is 4.74 Å². The molecule has 2 aromatic carbocycles. The van der Waals surface area contributed by atoms with Crippen LogP contribution in [0.2, 0.25) is 0 Å². The molecule has 0 saturated heterocycles. The predicted octanol–water partition coefficient (Wildman–Crippen LogP) is 3.21. The van der Waals surface area contributed by atoms with Gasteiger partial charge in [-0.05, 0) is 30.3 Å². The van der Waals surface area contributed by atoms with Crippen molar-refractivity contribution in [3.63, 3.8) is 0 Å². The van der Waals surface area contributed by atoms with Crippen LogP contribution in [-0.4, -0.2) is 17.2 Å². The Morgan fingerprint density at radius 2 is 2.00 bits per heavy atom. The van der Waals surface area contributed by atoms with E-state index in [4.69, 9.17) is 9.15 Å². The molecule has 0 fully saturated rings. The topological polar surface area (TPSA) is 55.5 Å². The average molecular weight is 241 g/mol. The molecule has 90 valence electrons. The van der Waals surface area contributed by atoms with Crippen LogP contribution in [0.4, 0.5) is 0 Å². The molecule has 3 rings (SSSR count). The summed E-state index contributed by atoms with van der Waals surface area (Å²) in [6.45, 7) is 0. The van der Waals surface area contributed by atoms with Gasteiger partial charge in [0.1, 0.15) is 17.0 Å². The van der Waals surface area contributed by atoms with Crippen molar-refractivity contribution in [1.82, 2.24) is 4.98 Å². The zero-order valence-corrected chi connectivity index (χ0v) is 9.75. The van der Waals surface area contributed by atoms with Crippen molar-refractivity contribution in [2.45, 2.75) is 0 Å². The number of oxazole rings is 1. The summed E-state index contributed by atoms with van der Waals surface area (Å²) in [6, 6.07) is 12.4. The Morgan fingerprint density at radius 3 is 2.78 bits per heavy atom. The second kappa shape index (κ2) is 4.07. The molecule has 0 spiro atoms. The van der Waals surface area contributed by atoms with Gasteiger partial charge in [0.15, 0.2) is 5.58 Å². The molecule has 0 radical (unpaired) electrons. The van der Waals surface area contributed by atoms with E-state index in [0.717, 1.165) is 5.52 Å². The summed E-state index contributed by atoms with van der Waals surface area (Å²) >= 11 is 0. The fraction of sp³-hybridized carbons (Fsp3) is 0.0714. The lowest BCUT2D eigenvalue weighted by molar-refractivity contribution is 0.412. The first kappa shape index (κ1) is 10.7. The molecule has 1 heterocycles. The van der Waals surface area contributed by atoms with E-state index in [1.807, 2.05) is 24.3 Å². The third kappa shape index (κ3) is 1.68. The summed E-state index contributed by atoms with van der Waals surface area (Å²) < 4.78 is 10.7. The number of aromatic hydroxyl groups is 1. The first-order valence-corrected chi connectivity index (χ1v) is 5.51. The minimum atomic E-state index is 0.113. The van der Waals surface area contributed by atoms with Crippen LogP contribution in [0.15, 0.2) is 46.9 Å². The Bertz CT molecular complexity index is 670. The summed E-state index contributed by atoms with van der Waals surface area (Å²) in [7, 11) is 1.57. The number of phenols is 1. The SMILES string of the molecule is COc1ccc(O)c(-c2nc3ccccc3o2)c1. The molecule has 3 aromatic rings. The Morgan fingerprint density at radius 1 is 1.17 bits per heavy atom. The van der Waals surface area contributed by atoms with Crippen LogP contribution in [0, 0.1) is 0 Å². The van der Waals surface area contributed by atoms with Crippen LogP contribution in [-0.2, 0) is 0 Å². The van der Waals surface area contributed by atoms with Crippen molar-refractivity contribution in [3.8, 4) is 23.0 Å². The number of para-hydroxylation sites is 2. The maximum absolute atomic E-state index is 9.85. The zero-order valence-electron chi connectivity index (χ0n) is 9.75. The monoisotopic (exact) mass is 241 g/mol. The minimum Gasteiger partial charge on any atom is -0.507 e. The number of hydrogen-bond acceptors (Lipinski definition) is 4. The van der Waals surface area contributed by atoms with E-state index >= 15 is 0 Å². The standard InChI is InChI=1S/C14H11NO3/c1-17-9-6-7-12(16)10(8-9)14-15-11-4-2-3-5-13(11)18-14/h2-8,16H,1H3. The van der Waals surface area contributed by atoms with Gasteiger partial charge in [-0.25, -0.2) is 4.98 Å². The van der Waals surface area contributed by atoms with E-state index in [1.54, 1.807) is 25.3 Å². The number of aromatic nitrogens is 1. The summed E-state index contributed by atoms with van der Waals surface area (Å²) in [5.41, 5.74) is 1.97. The lowest BCUT2D eigenvalue weighted by atomic mass is 10.2. The van der Waals surface area contributed by atoms with Crippen LogP contribution >= 0.6 is 0 Å². The van der Waals surface area contributed by atoms with E-state index in [2.05, 4.69) is 4.98 Å². The van der Waals surface area contributed by atoms with Crippen molar-refractivity contribution in [3.05, 3.63) is 42.5 Å². The van der Waals surface area contributed by atoms with Crippen LogP contribution in [0.1, 0.15) is 0 Å². The molecule has 0 atom stereocenters. The van der Waals surface area contributed by atoms with Crippen molar-refractivity contribution in [2.75, 3.05) is 7.11 Å². The number of methoxy groups -OCH3 is 1. The Hall–Kier alpha value is -2.49. The number of ether oxygens (including phenoxy) is 1. The van der Waals surface area contributed by atoms with Crippen molar-refractivity contribution < 1.29 is 14.3 Å². The first-order valence-electron chi connectivity index (χ1n) is 5.51. The van der Waals surface area contributed by atoms with Crippen LogP contribution in [0.25, 0.3) is 22.6 Å². The molecular weight excluding hydrogens is 230 g/mol. The molecule has 0 aliphatic carbocycles. The first-order chi connectivity index (χ1) is 8.78. The number of benzene rings is 2. The van der Waals surface area contributed by atoms with Gasteiger partial charge in [-0.1, -0.05) is 12.1 Å². The smallest absolute Gasteiger partial charge is 0.231 e. The molecule has 0 unspecified atom stereocenters. The molecule has 0 amide bonds. The van der Waals surface area contributed by atoms with Crippen LogP contribution in [0.5, 0.6) is 11.5 Å². The Balaban J connectivity index is 2.19. The van der Waals surface area contributed by atoms with E-state index in [0.29, 0.717) is 22.8 Å². The second-order valence-electron chi connectivity index (χ2n) is 3.87. The highest BCUT2D eigenvalue weighted by molar-refractivity contribution is 5.77. The van der Waals surface area contributed by atoms with Gasteiger partial charge in [0.2, 0.25) is 5.89 Å². The maximum atomic E-state index is 9.85. The normalized spacial score (nSPS) is 10.7. The van der Waals surface area contributed by atoms with Gasteiger partial charge in [0.25, 0.3) is 0 Å². The molecule has 1 aromatic heterocycles. The molecule has 18 heavy (non-hydrogen) atoms. The summed E-state index contributed by atoms with van der Waals surface area (Å²) in [6.07, 6.45) is 0. The maximum Gasteiger partial charge on any atom is 0.231 e. The molecule has 0 bridgehead atoms. The summed E-state index contributed by atoms with van der Waals surface area (Å²) in [5.74, 6) is 1.14. The van der Waals surface area contributed by atoms with Gasteiger partial charge in [0, 0.05) is 0 Å². The number of rotatable bonds is 2. The largest absolute Gasteiger partial charge is 0.507 e. The fourth-order valence-corrected chi connectivity index (χ4v) is 1.80. The van der Waals surface area contributed by atoms with Crippen molar-refractivity contribution in [1.29, 1.82) is 0 Å². The summed E-state index contributed by atoms with van der Waals surface area (Å²) in [4.78, 5) is 4.34. The molecular formula is C14H11NO3. The predicted molar refractivity (Wildman–Crippen MR) is 67.7 cm³/mol. The van der Waals surface area contributed by atoms with E-state index in [-0.39, 0.29) is 5.75 Å². The second-order valence-corrected chi connectivity index (χ2v) is 3.87. The number of phenolic OH excluding ortho intramolecular Hbond substituents is 1. The molecule has 0 aliphatic rings. The van der Waals surface area contributed by atoms with Gasteiger partial charge in [-0.2, -0.15) is 0 Å². The van der Waals surface area contributed by atoms with Gasteiger partial charge in [-0.15, -0.1) is 0 Å². The van der Waals surface area contributed by atoms with E-state index in [9.17, 15) is 5.11 Å². The van der Waals surface area contributed by atoms with Crippen LogP contribution in [0.3, 0.4) is 0 Å². The molecule has 4 heteroatoms. The number of nitrogens with zero attached hydrogens (tertiary/aromatic N) is 1. The lowest BCUT2D eigenvalue weighted by Gasteiger charge is -2.03. The molecule has 0 saturated carbocycles. The number of fused-ring (bicyclic) bond motifs is 1. The van der Waals surface area contributed by atoms with Gasteiger partial charge in [-0.3, -0.25) is 0 Å². The van der Waals surface area contributed by atoms with Crippen molar-refractivity contribution in [2.24, 2.45) is 0 Å². The number of hydrogen-bond donors (Lipinski definition) is 1. The summed E-state index contributed by atoms with van der Waals surface area (Å²) in [5, 5.41) is 9.85. The fourth-order valence-electron chi connectivity index (χ4n) is 1.80. The van der Waals surface area contributed by atoms with Crippen molar-refractivity contribution >= 4 is 11.1 Å². The highest BCUT2D eigenvalue weighted by Crippen LogP contribution is 2.33. The van der Waals surface area contributed by atoms with E-state index < -0.39 is 0 Å². The minimum absolute atomic E-state index is 0.113. The molecule has 4 nitrogen and oxygen atoms in total. The molecule has 0 aliphatic heterocycles. The van der Waals surface area contributed by atoms with E-state index in [1.165, 1.54) is 0 Å². The zero-order chi connectivity index (χ0) is 12.5. The van der Waals surface area contributed by atoms with Gasteiger partial charge in [0.05, 0.1) is 12.7 Å².